The predicted molar refractivity (Wildman–Crippen MR) is 78.8 cm³/mol. The first-order chi connectivity index (χ1) is 8.61. The standard InChI is InChI=1S/C14H18BrN3/c1-4-11-8-12(18(3)17-11)9-16-14-7-5-6-13(15)10(14)2/h5-8,16H,4,9H2,1-3H3. The van der Waals surface area contributed by atoms with E-state index in [1.54, 1.807) is 0 Å². The van der Waals surface area contributed by atoms with Gasteiger partial charge in [-0.2, -0.15) is 5.10 Å². The Balaban J connectivity index is 2.11. The molecule has 1 N–H and O–H groups in total. The van der Waals surface area contributed by atoms with Gasteiger partial charge in [-0.15, -0.1) is 0 Å². The van der Waals surface area contributed by atoms with Crippen LogP contribution in [0.1, 0.15) is 23.9 Å². The van der Waals surface area contributed by atoms with Crippen LogP contribution < -0.4 is 5.32 Å². The van der Waals surface area contributed by atoms with Gasteiger partial charge in [-0.05, 0) is 37.1 Å². The van der Waals surface area contributed by atoms with E-state index >= 15 is 0 Å². The summed E-state index contributed by atoms with van der Waals surface area (Å²) in [6, 6.07) is 8.34. The highest BCUT2D eigenvalue weighted by Gasteiger charge is 2.05. The van der Waals surface area contributed by atoms with Crippen molar-refractivity contribution in [3.8, 4) is 0 Å². The summed E-state index contributed by atoms with van der Waals surface area (Å²) in [5.41, 5.74) is 4.73. The average Bonchev–Trinajstić information content (AvgIpc) is 2.72. The molecule has 0 fully saturated rings. The fraction of sp³-hybridized carbons (Fsp3) is 0.357. The van der Waals surface area contributed by atoms with Gasteiger partial charge in [-0.3, -0.25) is 4.68 Å². The van der Waals surface area contributed by atoms with Crippen LogP contribution in [0.5, 0.6) is 0 Å². The number of aryl methyl sites for hydroxylation is 2. The summed E-state index contributed by atoms with van der Waals surface area (Å²) >= 11 is 3.54. The number of rotatable bonds is 4. The van der Waals surface area contributed by atoms with Gasteiger partial charge < -0.3 is 5.32 Å². The number of nitrogens with zero attached hydrogens (tertiary/aromatic N) is 2. The molecule has 0 radical (unpaired) electrons. The molecule has 0 aliphatic carbocycles. The zero-order valence-electron chi connectivity index (χ0n) is 11.0. The number of hydrogen-bond acceptors (Lipinski definition) is 2. The maximum atomic E-state index is 4.45. The van der Waals surface area contributed by atoms with Gasteiger partial charge in [0, 0.05) is 17.2 Å². The van der Waals surface area contributed by atoms with Crippen LogP contribution in [0.2, 0.25) is 0 Å². The predicted octanol–water partition coefficient (Wildman–Crippen LogP) is 3.67. The number of halogens is 1. The van der Waals surface area contributed by atoms with Crippen molar-refractivity contribution >= 4 is 21.6 Å². The second kappa shape index (κ2) is 5.57. The van der Waals surface area contributed by atoms with E-state index in [0.29, 0.717) is 0 Å². The molecule has 0 spiro atoms. The van der Waals surface area contributed by atoms with Crippen molar-refractivity contribution < 1.29 is 0 Å². The highest BCUT2D eigenvalue weighted by Crippen LogP contribution is 2.23. The fourth-order valence-corrected chi connectivity index (χ4v) is 2.26. The van der Waals surface area contributed by atoms with Gasteiger partial charge in [0.15, 0.2) is 0 Å². The van der Waals surface area contributed by atoms with Crippen LogP contribution in [0.25, 0.3) is 0 Å². The maximum Gasteiger partial charge on any atom is 0.0625 e. The lowest BCUT2D eigenvalue weighted by Gasteiger charge is -2.10. The molecule has 0 unspecified atom stereocenters. The summed E-state index contributed by atoms with van der Waals surface area (Å²) in [5.74, 6) is 0. The molecule has 1 aromatic heterocycles. The van der Waals surface area contributed by atoms with Crippen molar-refractivity contribution in [3.63, 3.8) is 0 Å². The Morgan fingerprint density at radius 3 is 2.83 bits per heavy atom. The Labute approximate surface area is 116 Å². The third-order valence-electron chi connectivity index (χ3n) is 3.12. The van der Waals surface area contributed by atoms with Crippen LogP contribution in [-0.4, -0.2) is 9.78 Å². The Hall–Kier alpha value is -1.29. The third kappa shape index (κ3) is 2.75. The molecule has 0 atom stereocenters. The van der Waals surface area contributed by atoms with Gasteiger partial charge in [0.05, 0.1) is 17.9 Å². The summed E-state index contributed by atoms with van der Waals surface area (Å²) in [6.07, 6.45) is 0.976. The highest BCUT2D eigenvalue weighted by atomic mass is 79.9. The number of nitrogens with one attached hydrogen (secondary N) is 1. The molecule has 4 heteroatoms. The first kappa shape index (κ1) is 13.1. The van der Waals surface area contributed by atoms with Crippen molar-refractivity contribution in [3.05, 3.63) is 45.7 Å². The number of aromatic nitrogens is 2. The summed E-state index contributed by atoms with van der Waals surface area (Å²) < 4.78 is 3.07. The summed E-state index contributed by atoms with van der Waals surface area (Å²) in [7, 11) is 1.99. The molecular formula is C14H18BrN3. The number of benzene rings is 1. The van der Waals surface area contributed by atoms with E-state index in [2.05, 4.69) is 58.4 Å². The summed E-state index contributed by atoms with van der Waals surface area (Å²) in [5, 5.41) is 7.91. The zero-order valence-corrected chi connectivity index (χ0v) is 12.6. The molecule has 2 aromatic rings. The molecule has 2 rings (SSSR count). The van der Waals surface area contributed by atoms with E-state index in [9.17, 15) is 0 Å². The molecule has 96 valence electrons. The zero-order chi connectivity index (χ0) is 13.1. The minimum Gasteiger partial charge on any atom is -0.379 e. The quantitative estimate of drug-likeness (QED) is 0.934. The highest BCUT2D eigenvalue weighted by molar-refractivity contribution is 9.10. The van der Waals surface area contributed by atoms with Crippen molar-refractivity contribution in [1.29, 1.82) is 0 Å². The van der Waals surface area contributed by atoms with E-state index in [4.69, 9.17) is 0 Å². The average molecular weight is 308 g/mol. The molecule has 3 nitrogen and oxygen atoms in total. The Bertz CT molecular complexity index is 546. The SMILES string of the molecule is CCc1cc(CNc2cccc(Br)c2C)n(C)n1. The Kier molecular flexibility index (Phi) is 4.07. The van der Waals surface area contributed by atoms with Crippen molar-refractivity contribution in [1.82, 2.24) is 9.78 Å². The van der Waals surface area contributed by atoms with E-state index in [0.717, 1.165) is 28.8 Å². The van der Waals surface area contributed by atoms with Gasteiger partial charge in [0.2, 0.25) is 0 Å². The Morgan fingerprint density at radius 2 is 2.17 bits per heavy atom. The smallest absolute Gasteiger partial charge is 0.0625 e. The lowest BCUT2D eigenvalue weighted by Crippen LogP contribution is -2.06. The molecule has 0 aliphatic rings. The molecule has 0 saturated carbocycles. The monoisotopic (exact) mass is 307 g/mol. The fourth-order valence-electron chi connectivity index (χ4n) is 1.89. The second-order valence-corrected chi connectivity index (χ2v) is 5.22. The van der Waals surface area contributed by atoms with Crippen molar-refractivity contribution in [2.45, 2.75) is 26.8 Å². The topological polar surface area (TPSA) is 29.9 Å². The van der Waals surface area contributed by atoms with Crippen LogP contribution in [0.4, 0.5) is 5.69 Å². The summed E-state index contributed by atoms with van der Waals surface area (Å²) in [6.45, 7) is 5.02. The van der Waals surface area contributed by atoms with E-state index in [1.807, 2.05) is 17.8 Å². The molecule has 0 amide bonds. The minimum atomic E-state index is 0.792. The van der Waals surface area contributed by atoms with Crippen LogP contribution >= 0.6 is 15.9 Å². The molecule has 1 heterocycles. The molecule has 0 saturated heterocycles. The van der Waals surface area contributed by atoms with E-state index < -0.39 is 0 Å². The van der Waals surface area contributed by atoms with Crippen molar-refractivity contribution in [2.24, 2.45) is 7.05 Å². The van der Waals surface area contributed by atoms with Gasteiger partial charge in [0.1, 0.15) is 0 Å². The van der Waals surface area contributed by atoms with Crippen LogP contribution in [0.3, 0.4) is 0 Å². The number of hydrogen-bond donors (Lipinski definition) is 1. The lowest BCUT2D eigenvalue weighted by molar-refractivity contribution is 0.707. The van der Waals surface area contributed by atoms with Gasteiger partial charge in [-0.25, -0.2) is 0 Å². The summed E-state index contributed by atoms with van der Waals surface area (Å²) in [4.78, 5) is 0. The molecular weight excluding hydrogens is 290 g/mol. The van der Waals surface area contributed by atoms with Crippen LogP contribution in [0.15, 0.2) is 28.7 Å². The maximum absolute atomic E-state index is 4.45. The van der Waals surface area contributed by atoms with Crippen molar-refractivity contribution in [2.75, 3.05) is 5.32 Å². The van der Waals surface area contributed by atoms with E-state index in [1.165, 1.54) is 11.3 Å². The molecule has 1 aromatic carbocycles. The first-order valence-electron chi connectivity index (χ1n) is 6.12. The Morgan fingerprint density at radius 1 is 1.39 bits per heavy atom. The third-order valence-corrected chi connectivity index (χ3v) is 3.98. The minimum absolute atomic E-state index is 0.792. The van der Waals surface area contributed by atoms with Crippen LogP contribution in [0, 0.1) is 6.92 Å². The molecule has 0 aliphatic heterocycles. The number of anilines is 1. The van der Waals surface area contributed by atoms with Crippen LogP contribution in [-0.2, 0) is 20.0 Å². The lowest BCUT2D eigenvalue weighted by atomic mass is 10.2. The molecule has 0 bridgehead atoms. The van der Waals surface area contributed by atoms with Gasteiger partial charge in [0.25, 0.3) is 0 Å². The first-order valence-corrected chi connectivity index (χ1v) is 6.92. The molecule has 18 heavy (non-hydrogen) atoms. The van der Waals surface area contributed by atoms with E-state index in [-0.39, 0.29) is 0 Å². The van der Waals surface area contributed by atoms with Gasteiger partial charge in [-0.1, -0.05) is 28.9 Å². The van der Waals surface area contributed by atoms with Gasteiger partial charge >= 0.3 is 0 Å². The normalized spacial score (nSPS) is 10.7. The largest absolute Gasteiger partial charge is 0.379 e. The second-order valence-electron chi connectivity index (χ2n) is 4.37.